The maximum absolute atomic E-state index is 12.1. The molecule has 0 saturated carbocycles. The molecule has 2 aromatic rings. The van der Waals surface area contributed by atoms with E-state index in [0.29, 0.717) is 11.4 Å². The highest BCUT2D eigenvalue weighted by Crippen LogP contribution is 2.16. The molecular formula is C17H15N3O2. The third-order valence-corrected chi connectivity index (χ3v) is 2.99. The first-order valence-corrected chi connectivity index (χ1v) is 6.63. The molecular weight excluding hydrogens is 278 g/mol. The predicted molar refractivity (Wildman–Crippen MR) is 85.2 cm³/mol. The minimum atomic E-state index is -0.496. The predicted octanol–water partition coefficient (Wildman–Crippen LogP) is 3.16. The Kier molecular flexibility index (Phi) is 4.78. The van der Waals surface area contributed by atoms with Crippen LogP contribution < -0.4 is 10.6 Å². The van der Waals surface area contributed by atoms with E-state index >= 15 is 0 Å². The van der Waals surface area contributed by atoms with Crippen LogP contribution >= 0.6 is 0 Å². The largest absolute Gasteiger partial charge is 0.508 e. The molecule has 0 aliphatic heterocycles. The van der Waals surface area contributed by atoms with Crippen LogP contribution in [0.2, 0.25) is 0 Å². The SMILES string of the molecule is Cc1ccccc1NC(=O)/C(C#N)=C\Nc1cccc(O)c1. The Hall–Kier alpha value is -3.26. The molecule has 2 rings (SSSR count). The first kappa shape index (κ1) is 15.1. The number of aryl methyl sites for hydroxylation is 1. The number of amides is 1. The highest BCUT2D eigenvalue weighted by atomic mass is 16.3. The summed E-state index contributed by atoms with van der Waals surface area (Å²) in [5.41, 5.74) is 2.09. The fourth-order valence-corrected chi connectivity index (χ4v) is 1.80. The summed E-state index contributed by atoms with van der Waals surface area (Å²) in [7, 11) is 0. The van der Waals surface area contributed by atoms with Gasteiger partial charge in [0.15, 0.2) is 0 Å². The highest BCUT2D eigenvalue weighted by molar-refractivity contribution is 6.07. The zero-order valence-electron chi connectivity index (χ0n) is 12.0. The summed E-state index contributed by atoms with van der Waals surface area (Å²) < 4.78 is 0. The molecule has 110 valence electrons. The number of nitriles is 1. The maximum Gasteiger partial charge on any atom is 0.267 e. The van der Waals surface area contributed by atoms with E-state index in [1.165, 1.54) is 18.3 Å². The monoisotopic (exact) mass is 293 g/mol. The third kappa shape index (κ3) is 3.87. The maximum atomic E-state index is 12.1. The van der Waals surface area contributed by atoms with Gasteiger partial charge in [-0.05, 0) is 30.7 Å². The van der Waals surface area contributed by atoms with Gasteiger partial charge in [0.1, 0.15) is 17.4 Å². The third-order valence-electron chi connectivity index (χ3n) is 2.99. The lowest BCUT2D eigenvalue weighted by atomic mass is 10.2. The quantitative estimate of drug-likeness (QED) is 0.597. The van der Waals surface area contributed by atoms with Crippen LogP contribution in [0.25, 0.3) is 0 Å². The molecule has 0 atom stereocenters. The topological polar surface area (TPSA) is 85.2 Å². The van der Waals surface area contributed by atoms with Crippen molar-refractivity contribution < 1.29 is 9.90 Å². The Morgan fingerprint density at radius 1 is 1.23 bits per heavy atom. The number of benzene rings is 2. The zero-order valence-corrected chi connectivity index (χ0v) is 12.0. The van der Waals surface area contributed by atoms with Gasteiger partial charge in [0, 0.05) is 23.6 Å². The molecule has 0 radical (unpaired) electrons. The fourth-order valence-electron chi connectivity index (χ4n) is 1.80. The molecule has 22 heavy (non-hydrogen) atoms. The number of rotatable bonds is 4. The number of carbonyl (C=O) groups is 1. The van der Waals surface area contributed by atoms with E-state index in [9.17, 15) is 9.90 Å². The van der Waals surface area contributed by atoms with Crippen LogP contribution in [0, 0.1) is 18.3 Å². The lowest BCUT2D eigenvalue weighted by Crippen LogP contribution is -2.15. The summed E-state index contributed by atoms with van der Waals surface area (Å²) >= 11 is 0. The molecule has 2 aromatic carbocycles. The van der Waals surface area contributed by atoms with E-state index in [1.54, 1.807) is 18.2 Å². The summed E-state index contributed by atoms with van der Waals surface area (Å²) in [5, 5.41) is 24.0. The van der Waals surface area contributed by atoms with Gasteiger partial charge in [-0.3, -0.25) is 4.79 Å². The van der Waals surface area contributed by atoms with E-state index in [1.807, 2.05) is 31.2 Å². The van der Waals surface area contributed by atoms with Crippen molar-refractivity contribution in [2.24, 2.45) is 0 Å². The van der Waals surface area contributed by atoms with Crippen LogP contribution in [-0.2, 0) is 4.79 Å². The first-order valence-electron chi connectivity index (χ1n) is 6.63. The van der Waals surface area contributed by atoms with Crippen LogP contribution in [0.3, 0.4) is 0 Å². The average Bonchev–Trinajstić information content (AvgIpc) is 2.50. The number of hydrogen-bond acceptors (Lipinski definition) is 4. The molecule has 0 bridgehead atoms. The molecule has 0 unspecified atom stereocenters. The summed E-state index contributed by atoms with van der Waals surface area (Å²) in [5.74, 6) is -0.397. The molecule has 0 heterocycles. The van der Waals surface area contributed by atoms with Crippen molar-refractivity contribution in [3.8, 4) is 11.8 Å². The van der Waals surface area contributed by atoms with Crippen molar-refractivity contribution in [3.63, 3.8) is 0 Å². The molecule has 0 aromatic heterocycles. The molecule has 0 aliphatic rings. The molecule has 0 saturated heterocycles. The zero-order chi connectivity index (χ0) is 15.9. The van der Waals surface area contributed by atoms with Crippen molar-refractivity contribution in [2.45, 2.75) is 6.92 Å². The second kappa shape index (κ2) is 6.95. The number of nitrogens with one attached hydrogen (secondary N) is 2. The normalized spacial score (nSPS) is 10.6. The van der Waals surface area contributed by atoms with Gasteiger partial charge in [0.2, 0.25) is 0 Å². The smallest absolute Gasteiger partial charge is 0.267 e. The first-order chi connectivity index (χ1) is 10.6. The number of phenolic OH excluding ortho intramolecular Hbond substituents is 1. The second-order valence-corrected chi connectivity index (χ2v) is 4.63. The molecule has 0 fully saturated rings. The molecule has 0 spiro atoms. The number of para-hydroxylation sites is 1. The van der Waals surface area contributed by atoms with Crippen LogP contribution in [0.1, 0.15) is 5.56 Å². The number of phenols is 1. The van der Waals surface area contributed by atoms with E-state index in [4.69, 9.17) is 5.26 Å². The van der Waals surface area contributed by atoms with Gasteiger partial charge in [-0.15, -0.1) is 0 Å². The van der Waals surface area contributed by atoms with Gasteiger partial charge in [-0.2, -0.15) is 5.26 Å². The van der Waals surface area contributed by atoms with Crippen molar-refractivity contribution >= 4 is 17.3 Å². The van der Waals surface area contributed by atoms with Gasteiger partial charge in [-0.1, -0.05) is 24.3 Å². The van der Waals surface area contributed by atoms with E-state index in [2.05, 4.69) is 10.6 Å². The Morgan fingerprint density at radius 2 is 2.00 bits per heavy atom. The standard InChI is InChI=1S/C17H15N3O2/c1-12-5-2-3-8-16(12)20-17(22)13(10-18)11-19-14-6-4-7-15(21)9-14/h2-9,11,19,21H,1H3,(H,20,22)/b13-11-. The van der Waals surface area contributed by atoms with Crippen molar-refractivity contribution in [3.05, 3.63) is 65.9 Å². The van der Waals surface area contributed by atoms with Crippen LogP contribution in [-0.4, -0.2) is 11.0 Å². The van der Waals surface area contributed by atoms with Crippen molar-refractivity contribution in [1.29, 1.82) is 5.26 Å². The fraction of sp³-hybridized carbons (Fsp3) is 0.0588. The van der Waals surface area contributed by atoms with Gasteiger partial charge >= 0.3 is 0 Å². The molecule has 5 heteroatoms. The summed E-state index contributed by atoms with van der Waals surface area (Å²) in [6.45, 7) is 1.87. The molecule has 0 aliphatic carbocycles. The van der Waals surface area contributed by atoms with Crippen LogP contribution in [0.5, 0.6) is 5.75 Å². The van der Waals surface area contributed by atoms with Crippen molar-refractivity contribution in [1.82, 2.24) is 0 Å². The molecule has 1 amide bonds. The Labute approximate surface area is 128 Å². The molecule has 5 nitrogen and oxygen atoms in total. The van der Waals surface area contributed by atoms with Gasteiger partial charge in [-0.25, -0.2) is 0 Å². The highest BCUT2D eigenvalue weighted by Gasteiger charge is 2.10. The lowest BCUT2D eigenvalue weighted by Gasteiger charge is -2.07. The van der Waals surface area contributed by atoms with E-state index in [-0.39, 0.29) is 11.3 Å². The van der Waals surface area contributed by atoms with Crippen molar-refractivity contribution in [2.75, 3.05) is 10.6 Å². The average molecular weight is 293 g/mol. The van der Waals surface area contributed by atoms with E-state index < -0.39 is 5.91 Å². The summed E-state index contributed by atoms with van der Waals surface area (Å²) in [4.78, 5) is 12.1. The Balaban J connectivity index is 2.11. The second-order valence-electron chi connectivity index (χ2n) is 4.63. The molecule has 3 N–H and O–H groups in total. The minimum absolute atomic E-state index is 0.0633. The van der Waals surface area contributed by atoms with Gasteiger partial charge < -0.3 is 15.7 Å². The van der Waals surface area contributed by atoms with Gasteiger partial charge in [0.05, 0.1) is 0 Å². The number of aromatic hydroxyl groups is 1. The summed E-state index contributed by atoms with van der Waals surface area (Å²) in [6.07, 6.45) is 1.31. The van der Waals surface area contributed by atoms with Gasteiger partial charge in [0.25, 0.3) is 5.91 Å². The number of nitrogens with zero attached hydrogens (tertiary/aromatic N) is 1. The van der Waals surface area contributed by atoms with E-state index in [0.717, 1.165) is 5.56 Å². The Bertz CT molecular complexity index is 760. The minimum Gasteiger partial charge on any atom is -0.508 e. The number of carbonyl (C=O) groups excluding carboxylic acids is 1. The summed E-state index contributed by atoms with van der Waals surface area (Å²) in [6, 6.07) is 15.6. The lowest BCUT2D eigenvalue weighted by molar-refractivity contribution is -0.112. The number of anilines is 2. The van der Waals surface area contributed by atoms with Crippen LogP contribution in [0.15, 0.2) is 60.3 Å². The number of hydrogen-bond donors (Lipinski definition) is 3. The van der Waals surface area contributed by atoms with Crippen LogP contribution in [0.4, 0.5) is 11.4 Å². The Morgan fingerprint density at radius 3 is 2.68 bits per heavy atom.